The molecule has 0 spiro atoms. The topological polar surface area (TPSA) is 0 Å². The van der Waals surface area contributed by atoms with Crippen molar-refractivity contribution in [3.05, 3.63) is 12.7 Å². The first-order valence-electron chi connectivity index (χ1n) is 5.96. The molecule has 0 unspecified atom stereocenters. The van der Waals surface area contributed by atoms with Crippen LogP contribution in [0.4, 0.5) is 0 Å². The molecule has 0 heteroatoms. The van der Waals surface area contributed by atoms with E-state index in [-0.39, 0.29) is 0 Å². The van der Waals surface area contributed by atoms with Gasteiger partial charge in [0.15, 0.2) is 0 Å². The van der Waals surface area contributed by atoms with Crippen LogP contribution in [0.15, 0.2) is 12.7 Å². The van der Waals surface area contributed by atoms with E-state index in [2.05, 4.69) is 48.1 Å². The van der Waals surface area contributed by atoms with Gasteiger partial charge in [0, 0.05) is 0 Å². The quantitative estimate of drug-likeness (QED) is 0.418. The second-order valence-corrected chi connectivity index (χ2v) is 4.03. The summed E-state index contributed by atoms with van der Waals surface area (Å²) in [5.41, 5.74) is 0.542. The largest absolute Gasteiger partial charge is 0.103 e. The SMILES string of the molecule is C=CC.CC.CCC.CCC(C)(C)C. The van der Waals surface area contributed by atoms with Crippen molar-refractivity contribution in [2.45, 2.75) is 75.2 Å². The normalized spacial score (nSPS) is 7.79. The molecule has 14 heavy (non-hydrogen) atoms. The van der Waals surface area contributed by atoms with E-state index >= 15 is 0 Å². The van der Waals surface area contributed by atoms with Crippen LogP contribution in [0.1, 0.15) is 75.2 Å². The lowest BCUT2D eigenvalue weighted by molar-refractivity contribution is 0.398. The van der Waals surface area contributed by atoms with Gasteiger partial charge >= 0.3 is 0 Å². The Hall–Kier alpha value is -0.260. The molecule has 90 valence electrons. The average molecular weight is 202 g/mol. The number of rotatable bonds is 0. The summed E-state index contributed by atoms with van der Waals surface area (Å²) in [5, 5.41) is 0. The van der Waals surface area contributed by atoms with Crippen LogP contribution in [0.5, 0.6) is 0 Å². The van der Waals surface area contributed by atoms with Gasteiger partial charge in [-0.05, 0) is 12.3 Å². The maximum Gasteiger partial charge on any atom is -0.0385 e. The molecule has 0 fully saturated rings. The molecule has 0 heterocycles. The van der Waals surface area contributed by atoms with E-state index in [1.165, 1.54) is 12.8 Å². The molecule has 0 aromatic heterocycles. The molecule has 0 nitrogen and oxygen atoms in total. The molecule has 0 atom stereocenters. The Bertz CT molecular complexity index is 64.6. The highest BCUT2D eigenvalue weighted by Crippen LogP contribution is 2.16. The molecule has 0 aliphatic heterocycles. The van der Waals surface area contributed by atoms with Crippen LogP contribution in [0.2, 0.25) is 0 Å². The van der Waals surface area contributed by atoms with Gasteiger partial charge in [-0.15, -0.1) is 6.58 Å². The third kappa shape index (κ3) is 180. The number of hydrogen-bond acceptors (Lipinski definition) is 0. The molecule has 0 amide bonds. The number of hydrogen-bond donors (Lipinski definition) is 0. The minimum atomic E-state index is 0.542. The minimum Gasteiger partial charge on any atom is -0.103 e. The molecule has 0 aliphatic carbocycles. The molecule has 0 N–H and O–H groups in total. The van der Waals surface area contributed by atoms with Gasteiger partial charge in [0.05, 0.1) is 0 Å². The maximum absolute atomic E-state index is 3.36. The minimum absolute atomic E-state index is 0.542. The highest BCUT2D eigenvalue weighted by atomic mass is 14.1. The van der Waals surface area contributed by atoms with Crippen LogP contribution in [0.3, 0.4) is 0 Å². The lowest BCUT2D eigenvalue weighted by Gasteiger charge is -2.12. The fourth-order valence-corrected chi connectivity index (χ4v) is 0. The molecule has 0 aliphatic rings. The molecule has 0 aromatic rings. The summed E-state index contributed by atoms with van der Waals surface area (Å²) in [6, 6.07) is 0. The van der Waals surface area contributed by atoms with E-state index in [1.807, 2.05) is 20.8 Å². The Kier molecular flexibility index (Phi) is 38.6. The summed E-state index contributed by atoms with van der Waals surface area (Å²) in [5.74, 6) is 0. The smallest absolute Gasteiger partial charge is 0.0385 e. The van der Waals surface area contributed by atoms with E-state index in [0.29, 0.717) is 5.41 Å². The van der Waals surface area contributed by atoms with Crippen molar-refractivity contribution in [1.82, 2.24) is 0 Å². The van der Waals surface area contributed by atoms with Crippen LogP contribution < -0.4 is 0 Å². The Morgan fingerprint density at radius 3 is 1.07 bits per heavy atom. The standard InChI is InChI=1S/C6H14.C3H8.C3H6.C2H6/c1-5-6(2,3)4;2*1-3-2;1-2/h5H2,1-4H3;3H2,1-2H3;3H,1H2,2H3;1-2H3. The van der Waals surface area contributed by atoms with Gasteiger partial charge in [-0.3, -0.25) is 0 Å². The monoisotopic (exact) mass is 202 g/mol. The zero-order valence-electron chi connectivity index (χ0n) is 12.2. The molecule has 0 saturated carbocycles. The zero-order chi connectivity index (χ0) is 12.6. The predicted molar refractivity (Wildman–Crippen MR) is 72.9 cm³/mol. The van der Waals surface area contributed by atoms with Crippen molar-refractivity contribution in [2.75, 3.05) is 0 Å². The second kappa shape index (κ2) is 23.0. The van der Waals surface area contributed by atoms with Crippen LogP contribution in [0, 0.1) is 5.41 Å². The molecular weight excluding hydrogens is 168 g/mol. The van der Waals surface area contributed by atoms with E-state index in [4.69, 9.17) is 0 Å². The Labute approximate surface area is 93.8 Å². The maximum atomic E-state index is 3.36. The van der Waals surface area contributed by atoms with Crippen molar-refractivity contribution in [2.24, 2.45) is 5.41 Å². The highest BCUT2D eigenvalue weighted by molar-refractivity contribution is 4.55. The summed E-state index contributed by atoms with van der Waals surface area (Å²) >= 11 is 0. The third-order valence-corrected chi connectivity index (χ3v) is 1.06. The van der Waals surface area contributed by atoms with Crippen molar-refractivity contribution in [1.29, 1.82) is 0 Å². The van der Waals surface area contributed by atoms with E-state index in [1.54, 1.807) is 6.08 Å². The summed E-state index contributed by atoms with van der Waals surface area (Å²) in [4.78, 5) is 0. The average Bonchev–Trinajstić information content (AvgIpc) is 2.10. The van der Waals surface area contributed by atoms with Gasteiger partial charge in [-0.25, -0.2) is 0 Å². The third-order valence-electron chi connectivity index (χ3n) is 1.06. The lowest BCUT2D eigenvalue weighted by Crippen LogP contribution is -2.00. The fourth-order valence-electron chi connectivity index (χ4n) is 0. The lowest BCUT2D eigenvalue weighted by atomic mass is 9.94. The summed E-state index contributed by atoms with van der Waals surface area (Å²) in [6.07, 6.45) is 4.27. The molecule has 0 radical (unpaired) electrons. The Morgan fingerprint density at radius 2 is 1.07 bits per heavy atom. The summed E-state index contributed by atoms with van der Waals surface area (Å²) in [7, 11) is 0. The zero-order valence-corrected chi connectivity index (χ0v) is 12.2. The van der Waals surface area contributed by atoms with Crippen molar-refractivity contribution in [3.8, 4) is 0 Å². The van der Waals surface area contributed by atoms with Crippen LogP contribution in [0.25, 0.3) is 0 Å². The van der Waals surface area contributed by atoms with Crippen LogP contribution >= 0.6 is 0 Å². The Morgan fingerprint density at radius 1 is 1.00 bits per heavy atom. The molecule has 0 bridgehead atoms. The Balaban J connectivity index is -0.0000000536. The van der Waals surface area contributed by atoms with Gasteiger partial charge in [-0.1, -0.05) is 74.3 Å². The van der Waals surface area contributed by atoms with Crippen molar-refractivity contribution >= 4 is 0 Å². The van der Waals surface area contributed by atoms with Crippen LogP contribution in [-0.4, -0.2) is 0 Å². The summed E-state index contributed by atoms with van der Waals surface area (Å²) < 4.78 is 0. The highest BCUT2D eigenvalue weighted by Gasteiger charge is 2.03. The van der Waals surface area contributed by atoms with Crippen molar-refractivity contribution in [3.63, 3.8) is 0 Å². The summed E-state index contributed by atoms with van der Waals surface area (Å²) in [6.45, 7) is 22.4. The van der Waals surface area contributed by atoms with Crippen LogP contribution in [-0.2, 0) is 0 Å². The first kappa shape index (κ1) is 23.5. The second-order valence-electron chi connectivity index (χ2n) is 4.03. The molecule has 0 rings (SSSR count). The van der Waals surface area contributed by atoms with E-state index in [9.17, 15) is 0 Å². The number of allylic oxidation sites excluding steroid dienone is 1. The van der Waals surface area contributed by atoms with E-state index in [0.717, 1.165) is 0 Å². The molecule has 0 saturated heterocycles. The van der Waals surface area contributed by atoms with Gasteiger partial charge < -0.3 is 0 Å². The van der Waals surface area contributed by atoms with Gasteiger partial charge in [0.2, 0.25) is 0 Å². The fraction of sp³-hybridized carbons (Fsp3) is 0.857. The van der Waals surface area contributed by atoms with E-state index < -0.39 is 0 Å². The van der Waals surface area contributed by atoms with Gasteiger partial charge in [0.1, 0.15) is 0 Å². The first-order valence-corrected chi connectivity index (χ1v) is 5.96. The van der Waals surface area contributed by atoms with Gasteiger partial charge in [0.25, 0.3) is 0 Å². The van der Waals surface area contributed by atoms with Crippen molar-refractivity contribution < 1.29 is 0 Å². The molecule has 0 aromatic carbocycles. The molecular formula is C14H34. The predicted octanol–water partition coefficient (Wildman–Crippen LogP) is 6.08. The van der Waals surface area contributed by atoms with Gasteiger partial charge in [-0.2, -0.15) is 0 Å². The first-order chi connectivity index (χ1) is 6.39.